The third-order valence-corrected chi connectivity index (χ3v) is 8.31. The highest BCUT2D eigenvalue weighted by molar-refractivity contribution is 8.01. The first kappa shape index (κ1) is 27.6. The third-order valence-electron chi connectivity index (χ3n) is 5.45. The predicted octanol–water partition coefficient (Wildman–Crippen LogP) is -0.444. The number of nitrogens with two attached hydrogens (primary N) is 1. The highest BCUT2D eigenvalue weighted by Crippen LogP contribution is 2.41. The van der Waals surface area contributed by atoms with Crippen LogP contribution in [0, 0.1) is 0 Å². The maximum Gasteiger partial charge on any atom is 0.352 e. The van der Waals surface area contributed by atoms with Crippen molar-refractivity contribution in [2.45, 2.75) is 28.4 Å². The topological polar surface area (TPSA) is 235 Å². The molecule has 0 radical (unpaired) electrons. The summed E-state index contributed by atoms with van der Waals surface area (Å²) in [5.41, 5.74) is 7.15. The summed E-state index contributed by atoms with van der Waals surface area (Å²) in [7, 11) is -4.36. The van der Waals surface area contributed by atoms with Gasteiger partial charge in [-0.15, -0.1) is 22.0 Å². The van der Waals surface area contributed by atoms with Crippen LogP contribution in [0.4, 0.5) is 5.69 Å². The van der Waals surface area contributed by atoms with Crippen LogP contribution in [-0.4, -0.2) is 80.3 Å². The van der Waals surface area contributed by atoms with Crippen molar-refractivity contribution < 1.29 is 41.7 Å². The number of benzene rings is 1. The molecule has 202 valence electrons. The van der Waals surface area contributed by atoms with Crippen LogP contribution in [0.2, 0.25) is 0 Å². The number of carboxylic acid groups (broad SMARTS) is 1. The Kier molecular flexibility index (Phi) is 8.07. The van der Waals surface area contributed by atoms with Crippen molar-refractivity contribution >= 4 is 63.5 Å². The molecule has 2 unspecified atom stereocenters. The smallest absolute Gasteiger partial charge is 0.352 e. The number of nitrogens with zero attached hydrogens (tertiary/aromatic N) is 3. The number of anilines is 1. The molecule has 38 heavy (non-hydrogen) atoms. The Balaban J connectivity index is 1.41. The molecule has 18 heteroatoms. The number of aliphatic carboxylic acids is 1. The van der Waals surface area contributed by atoms with E-state index in [0.717, 1.165) is 16.7 Å². The van der Waals surface area contributed by atoms with Crippen LogP contribution < -0.4 is 16.4 Å². The van der Waals surface area contributed by atoms with Gasteiger partial charge in [0.05, 0.1) is 0 Å². The van der Waals surface area contributed by atoms with Gasteiger partial charge in [0, 0.05) is 17.2 Å². The van der Waals surface area contributed by atoms with Gasteiger partial charge in [0.1, 0.15) is 23.2 Å². The van der Waals surface area contributed by atoms with E-state index in [4.69, 9.17) is 14.7 Å². The van der Waals surface area contributed by atoms with Gasteiger partial charge in [0.25, 0.3) is 21.2 Å². The molecule has 1 aromatic heterocycles. The minimum atomic E-state index is -4.36. The van der Waals surface area contributed by atoms with E-state index in [1.807, 2.05) is 0 Å². The summed E-state index contributed by atoms with van der Waals surface area (Å²) >= 11 is 2.20. The van der Waals surface area contributed by atoms with Gasteiger partial charge < -0.3 is 25.9 Å². The van der Waals surface area contributed by atoms with E-state index in [1.54, 1.807) is 24.3 Å². The maximum absolute atomic E-state index is 12.9. The predicted molar refractivity (Wildman–Crippen MR) is 133 cm³/mol. The molecule has 3 heterocycles. The summed E-state index contributed by atoms with van der Waals surface area (Å²) in [6, 6.07) is 4.18. The molecule has 3 atom stereocenters. The van der Waals surface area contributed by atoms with Crippen LogP contribution in [0.3, 0.4) is 0 Å². The molecule has 0 bridgehead atoms. The molecule has 1 fully saturated rings. The third kappa shape index (κ3) is 5.99. The molecule has 0 spiro atoms. The SMILES string of the molecule is NC(C(=O)NC1C(=O)N2C(C(=O)O)=C(CSc3nnc(CS(=O)(=O)O)o3)CS[C@H]12)c1ccc(NC=O)cc1. The fraction of sp³-hybridized carbons (Fsp3) is 0.300. The number of rotatable bonds is 11. The number of β-lactam (4-membered cyclic amide) rings is 1. The Labute approximate surface area is 223 Å². The second-order valence-electron chi connectivity index (χ2n) is 7.99. The van der Waals surface area contributed by atoms with E-state index in [2.05, 4.69) is 20.8 Å². The van der Waals surface area contributed by atoms with Crippen molar-refractivity contribution in [2.24, 2.45) is 5.73 Å². The van der Waals surface area contributed by atoms with Crippen LogP contribution in [0.15, 0.2) is 45.2 Å². The zero-order valence-corrected chi connectivity index (χ0v) is 21.6. The lowest BCUT2D eigenvalue weighted by Gasteiger charge is -2.49. The Bertz CT molecular complexity index is 1410. The molecule has 2 aliphatic rings. The first-order chi connectivity index (χ1) is 18.0. The molecule has 2 aromatic rings. The Morgan fingerprint density at radius 2 is 2.03 bits per heavy atom. The summed E-state index contributed by atoms with van der Waals surface area (Å²) in [5, 5.41) is 21.3. The number of carboxylic acids is 1. The average molecular weight is 585 g/mol. The van der Waals surface area contributed by atoms with E-state index in [0.29, 0.717) is 23.2 Å². The largest absolute Gasteiger partial charge is 0.477 e. The fourth-order valence-electron chi connectivity index (χ4n) is 3.70. The second-order valence-corrected chi connectivity index (χ2v) is 11.5. The van der Waals surface area contributed by atoms with Crippen LogP contribution in [0.5, 0.6) is 0 Å². The number of fused-ring (bicyclic) bond motifs is 1. The Morgan fingerprint density at radius 3 is 2.66 bits per heavy atom. The molecule has 0 saturated carbocycles. The monoisotopic (exact) mass is 584 g/mol. The quantitative estimate of drug-likeness (QED) is 0.0974. The summed E-state index contributed by atoms with van der Waals surface area (Å²) in [5.74, 6) is -3.48. The zero-order valence-electron chi connectivity index (χ0n) is 19.1. The van der Waals surface area contributed by atoms with Crippen LogP contribution in [-0.2, 0) is 35.0 Å². The van der Waals surface area contributed by atoms with Crippen molar-refractivity contribution in [3.05, 3.63) is 47.0 Å². The van der Waals surface area contributed by atoms with Crippen molar-refractivity contribution in [3.8, 4) is 0 Å². The lowest BCUT2D eigenvalue weighted by Crippen LogP contribution is -2.71. The summed E-state index contributed by atoms with van der Waals surface area (Å²) in [6.45, 7) is 0. The first-order valence-corrected chi connectivity index (χ1v) is 14.3. The number of hydrogen-bond acceptors (Lipinski definition) is 12. The summed E-state index contributed by atoms with van der Waals surface area (Å²) in [6.07, 6.45) is 0.510. The number of carbonyl (C=O) groups is 4. The number of hydrogen-bond donors (Lipinski definition) is 5. The number of amides is 3. The van der Waals surface area contributed by atoms with E-state index < -0.39 is 51.1 Å². The van der Waals surface area contributed by atoms with Crippen LogP contribution >= 0.6 is 23.5 Å². The standard InChI is InChI=1S/C20H20N6O9S3/c21-13(9-1-3-11(4-2-9)22-8-27)16(28)23-14-17(29)26-15(19(30)31)10(5-36-18(14)26)6-37-20-25-24-12(35-20)7-38(32,33)34/h1-4,8,13-14,18H,5-7,21H2,(H,22,27)(H,23,28)(H,30,31)(H,32,33,34)/t13?,14?,18-/m1/s1. The molecular weight excluding hydrogens is 564 g/mol. The van der Waals surface area contributed by atoms with Gasteiger partial charge >= 0.3 is 5.97 Å². The van der Waals surface area contributed by atoms with Crippen LogP contribution in [0.1, 0.15) is 17.5 Å². The average Bonchev–Trinajstić information content (AvgIpc) is 3.30. The van der Waals surface area contributed by atoms with Crippen molar-refractivity contribution in [2.75, 3.05) is 16.8 Å². The molecule has 6 N–H and O–H groups in total. The number of aromatic nitrogens is 2. The second kappa shape index (κ2) is 11.1. The highest BCUT2D eigenvalue weighted by atomic mass is 32.2. The van der Waals surface area contributed by atoms with Gasteiger partial charge in [-0.1, -0.05) is 23.9 Å². The van der Waals surface area contributed by atoms with E-state index in [1.165, 1.54) is 11.8 Å². The minimum Gasteiger partial charge on any atom is -0.477 e. The van der Waals surface area contributed by atoms with Crippen molar-refractivity contribution in [3.63, 3.8) is 0 Å². The fourth-order valence-corrected chi connectivity index (χ4v) is 6.40. The lowest BCUT2D eigenvalue weighted by atomic mass is 10.0. The Morgan fingerprint density at radius 1 is 1.32 bits per heavy atom. The molecule has 1 aromatic carbocycles. The minimum absolute atomic E-state index is 0.0444. The number of thioether (sulfide) groups is 2. The van der Waals surface area contributed by atoms with Gasteiger partial charge in [-0.05, 0) is 23.3 Å². The van der Waals surface area contributed by atoms with Crippen molar-refractivity contribution in [1.29, 1.82) is 0 Å². The lowest BCUT2D eigenvalue weighted by molar-refractivity contribution is -0.150. The van der Waals surface area contributed by atoms with Gasteiger partial charge in [0.15, 0.2) is 5.75 Å². The molecule has 15 nitrogen and oxygen atoms in total. The molecule has 1 saturated heterocycles. The highest BCUT2D eigenvalue weighted by Gasteiger charge is 2.54. The number of carbonyl (C=O) groups excluding carboxylic acids is 3. The van der Waals surface area contributed by atoms with E-state index >= 15 is 0 Å². The van der Waals surface area contributed by atoms with Gasteiger partial charge in [-0.3, -0.25) is 23.8 Å². The number of nitrogens with one attached hydrogen (secondary N) is 2. The maximum atomic E-state index is 12.9. The Hall–Kier alpha value is -3.45. The molecule has 4 rings (SSSR count). The zero-order chi connectivity index (χ0) is 27.6. The first-order valence-electron chi connectivity index (χ1n) is 10.6. The van der Waals surface area contributed by atoms with Gasteiger partial charge in [-0.25, -0.2) is 4.79 Å². The normalized spacial score (nSPS) is 19.8. The van der Waals surface area contributed by atoms with Gasteiger partial charge in [0.2, 0.25) is 18.2 Å². The van der Waals surface area contributed by atoms with Gasteiger partial charge in [-0.2, -0.15) is 8.42 Å². The summed E-state index contributed by atoms with van der Waals surface area (Å²) < 4.78 is 35.9. The molecule has 2 aliphatic heterocycles. The molecule has 0 aliphatic carbocycles. The summed E-state index contributed by atoms with van der Waals surface area (Å²) in [4.78, 5) is 49.2. The van der Waals surface area contributed by atoms with E-state index in [-0.39, 0.29) is 28.3 Å². The van der Waals surface area contributed by atoms with E-state index in [9.17, 15) is 32.7 Å². The molecular formula is C20H20N6O9S3. The van der Waals surface area contributed by atoms with Crippen molar-refractivity contribution in [1.82, 2.24) is 20.4 Å². The van der Waals surface area contributed by atoms with Crippen LogP contribution in [0.25, 0.3) is 0 Å². The molecule has 3 amide bonds.